The van der Waals surface area contributed by atoms with E-state index in [9.17, 15) is 19.7 Å². The lowest BCUT2D eigenvalue weighted by Gasteiger charge is -2.32. The third kappa shape index (κ3) is 4.11. The molecule has 0 saturated carbocycles. The zero-order valence-electron chi connectivity index (χ0n) is 14.8. The van der Waals surface area contributed by atoms with E-state index in [1.54, 1.807) is 30.3 Å². The fraction of sp³-hybridized carbons (Fsp3) is 0.316. The predicted molar refractivity (Wildman–Crippen MR) is 97.9 cm³/mol. The molecule has 1 aliphatic rings. The van der Waals surface area contributed by atoms with Gasteiger partial charge in [-0.3, -0.25) is 4.79 Å². The van der Waals surface area contributed by atoms with E-state index >= 15 is 0 Å². The number of hydrogen-bond donors (Lipinski definition) is 0. The fourth-order valence-electron chi connectivity index (χ4n) is 3.20. The lowest BCUT2D eigenvalue weighted by atomic mass is 9.88. The largest absolute Gasteiger partial charge is 0.465 e. The van der Waals surface area contributed by atoms with Crippen molar-refractivity contribution in [3.63, 3.8) is 0 Å². The van der Waals surface area contributed by atoms with Crippen LogP contribution < -0.4 is 4.90 Å². The summed E-state index contributed by atoms with van der Waals surface area (Å²) in [6, 6.07) is 9.56. The van der Waals surface area contributed by atoms with Gasteiger partial charge in [-0.05, 0) is 40.9 Å². The van der Waals surface area contributed by atoms with Gasteiger partial charge in [0, 0.05) is 30.6 Å². The number of ketones is 1. The number of nitrogens with zero attached hydrogens (tertiary/aromatic N) is 3. The summed E-state index contributed by atoms with van der Waals surface area (Å²) in [5.41, 5.74) is 1.81. The Morgan fingerprint density at radius 1 is 1.11 bits per heavy atom. The summed E-state index contributed by atoms with van der Waals surface area (Å²) in [4.78, 5) is 40.2. The number of ether oxygens (including phenoxy) is 1. The van der Waals surface area contributed by atoms with Crippen molar-refractivity contribution >= 4 is 23.3 Å². The minimum absolute atomic E-state index is 0.0629. The van der Waals surface area contributed by atoms with Crippen molar-refractivity contribution in [1.29, 1.82) is 0 Å². The third-order valence-electron chi connectivity index (χ3n) is 4.74. The Morgan fingerprint density at radius 2 is 1.74 bits per heavy atom. The van der Waals surface area contributed by atoms with Crippen LogP contribution in [0.15, 0.2) is 42.6 Å². The molecule has 0 amide bonds. The lowest BCUT2D eigenvalue weighted by Crippen LogP contribution is -2.36. The molecule has 1 fully saturated rings. The van der Waals surface area contributed by atoms with E-state index in [4.69, 9.17) is 0 Å². The number of hydrogen-bond acceptors (Lipinski definition) is 7. The second-order valence-corrected chi connectivity index (χ2v) is 6.33. The van der Waals surface area contributed by atoms with Gasteiger partial charge in [0.05, 0.1) is 18.4 Å². The molecule has 0 bridgehead atoms. The normalized spacial score (nSPS) is 14.6. The van der Waals surface area contributed by atoms with Crippen molar-refractivity contribution in [2.45, 2.75) is 12.8 Å². The van der Waals surface area contributed by atoms with Gasteiger partial charge in [-0.2, -0.15) is 0 Å². The Labute approximate surface area is 155 Å². The van der Waals surface area contributed by atoms with Gasteiger partial charge in [0.15, 0.2) is 12.0 Å². The van der Waals surface area contributed by atoms with Gasteiger partial charge in [-0.25, -0.2) is 4.79 Å². The molecule has 1 saturated heterocycles. The van der Waals surface area contributed by atoms with Gasteiger partial charge in [0.25, 0.3) is 0 Å². The molecule has 27 heavy (non-hydrogen) atoms. The number of esters is 1. The third-order valence-corrected chi connectivity index (χ3v) is 4.74. The van der Waals surface area contributed by atoms with Gasteiger partial charge in [-0.1, -0.05) is 12.1 Å². The molecular weight excluding hydrogens is 350 g/mol. The summed E-state index contributed by atoms with van der Waals surface area (Å²) in [6.45, 7) is 1.35. The quantitative estimate of drug-likeness (QED) is 0.345. The first-order valence-corrected chi connectivity index (χ1v) is 8.57. The molecule has 2 aromatic rings. The summed E-state index contributed by atoms with van der Waals surface area (Å²) in [5.74, 6) is -0.637. The molecule has 0 aliphatic carbocycles. The van der Waals surface area contributed by atoms with E-state index in [1.807, 2.05) is 0 Å². The Kier molecular flexibility index (Phi) is 5.44. The van der Waals surface area contributed by atoms with E-state index in [1.165, 1.54) is 19.4 Å². The summed E-state index contributed by atoms with van der Waals surface area (Å²) < 4.78 is 4.66. The van der Waals surface area contributed by atoms with E-state index < -0.39 is 10.9 Å². The number of carbonyl (C=O) groups excluding carboxylic acids is 2. The molecule has 0 radical (unpaired) electrons. The zero-order valence-corrected chi connectivity index (χ0v) is 14.8. The molecule has 1 aromatic carbocycles. The Bertz CT molecular complexity index is 841. The Morgan fingerprint density at radius 3 is 2.26 bits per heavy atom. The van der Waals surface area contributed by atoms with Crippen LogP contribution in [0.2, 0.25) is 0 Å². The number of aromatic nitrogens is 1. The highest BCUT2D eigenvalue weighted by molar-refractivity contribution is 5.99. The summed E-state index contributed by atoms with van der Waals surface area (Å²) >= 11 is 0. The number of piperidine rings is 1. The molecule has 8 nitrogen and oxygen atoms in total. The fourth-order valence-corrected chi connectivity index (χ4v) is 3.20. The first kappa shape index (κ1) is 18.5. The number of Topliss-reactive ketones (excluding diaryl/α,β-unsaturated/α-hetero) is 1. The van der Waals surface area contributed by atoms with Gasteiger partial charge < -0.3 is 19.8 Å². The van der Waals surface area contributed by atoms with Crippen LogP contribution in [0.5, 0.6) is 0 Å². The first-order valence-electron chi connectivity index (χ1n) is 8.57. The van der Waals surface area contributed by atoms with E-state index in [-0.39, 0.29) is 17.5 Å². The SMILES string of the molecule is COC(=O)c1ccc(C(=O)C2CCN(c3ccc([N+](=O)[O-])nc3)CC2)cc1. The topological polar surface area (TPSA) is 103 Å². The molecule has 1 aliphatic heterocycles. The number of nitro groups is 1. The van der Waals surface area contributed by atoms with Crippen molar-refractivity contribution in [1.82, 2.24) is 4.98 Å². The van der Waals surface area contributed by atoms with Crippen LogP contribution in [-0.4, -0.2) is 41.9 Å². The zero-order chi connectivity index (χ0) is 19.4. The molecular formula is C19H19N3O5. The van der Waals surface area contributed by atoms with Crippen LogP contribution in [0.1, 0.15) is 33.6 Å². The summed E-state index contributed by atoms with van der Waals surface area (Å²) in [5, 5.41) is 10.7. The second kappa shape index (κ2) is 7.94. The number of rotatable bonds is 5. The number of pyridine rings is 1. The molecule has 8 heteroatoms. The maximum absolute atomic E-state index is 12.7. The van der Waals surface area contributed by atoms with Crippen LogP contribution >= 0.6 is 0 Å². The van der Waals surface area contributed by atoms with Gasteiger partial charge in [-0.15, -0.1) is 0 Å². The first-order chi connectivity index (χ1) is 13.0. The number of benzene rings is 1. The Hall–Kier alpha value is -3.29. The van der Waals surface area contributed by atoms with Gasteiger partial charge in [0.1, 0.15) is 0 Å². The predicted octanol–water partition coefficient (Wildman–Crippen LogP) is 2.88. The van der Waals surface area contributed by atoms with Crippen LogP contribution in [0, 0.1) is 16.0 Å². The van der Waals surface area contributed by atoms with Crippen LogP contribution in [-0.2, 0) is 4.74 Å². The molecule has 0 N–H and O–H groups in total. The van der Waals surface area contributed by atoms with Gasteiger partial charge >= 0.3 is 11.8 Å². The van der Waals surface area contributed by atoms with Crippen molar-refractivity contribution in [2.24, 2.45) is 5.92 Å². The monoisotopic (exact) mass is 369 g/mol. The highest BCUT2D eigenvalue weighted by Gasteiger charge is 2.26. The number of methoxy groups -OCH3 is 1. The average molecular weight is 369 g/mol. The van der Waals surface area contributed by atoms with E-state index in [0.717, 1.165) is 5.69 Å². The van der Waals surface area contributed by atoms with Crippen LogP contribution in [0.4, 0.5) is 11.5 Å². The molecule has 0 spiro atoms. The minimum atomic E-state index is -0.528. The van der Waals surface area contributed by atoms with E-state index in [0.29, 0.717) is 37.1 Å². The summed E-state index contributed by atoms with van der Waals surface area (Å²) in [6.07, 6.45) is 2.87. The highest BCUT2D eigenvalue weighted by Crippen LogP contribution is 2.26. The smallest absolute Gasteiger partial charge is 0.363 e. The lowest BCUT2D eigenvalue weighted by molar-refractivity contribution is -0.389. The highest BCUT2D eigenvalue weighted by atomic mass is 16.6. The standard InChI is InChI=1S/C19H19N3O5/c1-27-19(24)15-4-2-13(3-5-15)18(23)14-8-10-21(11-9-14)16-6-7-17(20-12-16)22(25)26/h2-7,12,14H,8-11H2,1H3. The molecule has 1 aromatic heterocycles. The minimum Gasteiger partial charge on any atom is -0.465 e. The number of carbonyl (C=O) groups is 2. The molecule has 0 unspecified atom stereocenters. The van der Waals surface area contributed by atoms with Gasteiger partial charge in [0.2, 0.25) is 0 Å². The van der Waals surface area contributed by atoms with E-state index in [2.05, 4.69) is 14.6 Å². The summed E-state index contributed by atoms with van der Waals surface area (Å²) in [7, 11) is 1.32. The van der Waals surface area contributed by atoms with Crippen molar-refractivity contribution < 1.29 is 19.2 Å². The maximum Gasteiger partial charge on any atom is 0.363 e. The van der Waals surface area contributed by atoms with Crippen LogP contribution in [0.3, 0.4) is 0 Å². The maximum atomic E-state index is 12.7. The Balaban J connectivity index is 1.60. The van der Waals surface area contributed by atoms with Crippen molar-refractivity contribution in [2.75, 3.05) is 25.1 Å². The number of anilines is 1. The second-order valence-electron chi connectivity index (χ2n) is 6.33. The van der Waals surface area contributed by atoms with Crippen molar-refractivity contribution in [3.8, 4) is 0 Å². The van der Waals surface area contributed by atoms with Crippen molar-refractivity contribution in [3.05, 3.63) is 63.8 Å². The average Bonchev–Trinajstić information content (AvgIpc) is 2.73. The molecule has 2 heterocycles. The molecule has 140 valence electrons. The molecule has 3 rings (SSSR count). The van der Waals surface area contributed by atoms with Crippen LogP contribution in [0.25, 0.3) is 0 Å². The molecule has 0 atom stereocenters.